The van der Waals surface area contributed by atoms with Gasteiger partial charge < -0.3 is 20.4 Å². The molecular weight excluding hydrogens is 278 g/mol. The number of ether oxygens (including phenoxy) is 1. The van der Waals surface area contributed by atoms with Crippen molar-refractivity contribution in [3.05, 3.63) is 48.0 Å². The number of benzene rings is 1. The van der Waals surface area contributed by atoms with Gasteiger partial charge in [0, 0.05) is 30.9 Å². The summed E-state index contributed by atoms with van der Waals surface area (Å²) in [6, 6.07) is 8.19. The van der Waals surface area contributed by atoms with E-state index in [0.717, 1.165) is 30.1 Å². The third-order valence-corrected chi connectivity index (χ3v) is 3.83. The highest BCUT2D eigenvalue weighted by Gasteiger charge is 2.21. The van der Waals surface area contributed by atoms with E-state index in [2.05, 4.69) is 25.9 Å². The predicted molar refractivity (Wildman–Crippen MR) is 85.9 cm³/mol. The van der Waals surface area contributed by atoms with Crippen molar-refractivity contribution >= 4 is 5.96 Å². The zero-order valence-corrected chi connectivity index (χ0v) is 12.7. The maximum Gasteiger partial charge on any atom is 0.189 e. The number of aryl methyl sites for hydroxylation is 1. The molecule has 0 aliphatic carbocycles. The van der Waals surface area contributed by atoms with Crippen molar-refractivity contribution in [2.45, 2.75) is 25.9 Å². The normalized spacial score (nSPS) is 17.7. The van der Waals surface area contributed by atoms with Gasteiger partial charge in [-0.05, 0) is 13.0 Å². The van der Waals surface area contributed by atoms with Crippen LogP contribution in [0.1, 0.15) is 23.9 Å². The van der Waals surface area contributed by atoms with Crippen molar-refractivity contribution in [1.82, 2.24) is 14.9 Å². The molecule has 116 valence electrons. The van der Waals surface area contributed by atoms with Crippen LogP contribution in [-0.4, -0.2) is 28.7 Å². The van der Waals surface area contributed by atoms with E-state index >= 15 is 0 Å². The molecule has 1 unspecified atom stereocenters. The monoisotopic (exact) mass is 299 g/mol. The zero-order chi connectivity index (χ0) is 15.4. The Morgan fingerprint density at radius 1 is 1.50 bits per heavy atom. The van der Waals surface area contributed by atoms with Crippen molar-refractivity contribution in [2.75, 3.05) is 13.2 Å². The van der Waals surface area contributed by atoms with E-state index in [1.807, 2.05) is 31.3 Å². The summed E-state index contributed by atoms with van der Waals surface area (Å²) in [6.45, 7) is 4.07. The number of nitrogens with two attached hydrogens (primary N) is 1. The zero-order valence-electron chi connectivity index (χ0n) is 12.7. The van der Waals surface area contributed by atoms with Crippen molar-refractivity contribution in [3.63, 3.8) is 0 Å². The standard InChI is InChI=1S/C16H21N5O/c1-12-18-7-9-21(12)10-8-19-16(17)20-14-6-11-22-15-5-3-2-4-13(14)15/h2-5,7,9,14H,6,8,10-11H2,1H3,(H3,17,19,20). The second-order valence-corrected chi connectivity index (χ2v) is 5.31. The largest absolute Gasteiger partial charge is 0.493 e. The number of para-hydroxylation sites is 1. The second kappa shape index (κ2) is 6.51. The van der Waals surface area contributed by atoms with Crippen LogP contribution in [0, 0.1) is 6.92 Å². The Morgan fingerprint density at radius 3 is 3.18 bits per heavy atom. The quantitative estimate of drug-likeness (QED) is 0.664. The first-order valence-corrected chi connectivity index (χ1v) is 7.50. The molecule has 22 heavy (non-hydrogen) atoms. The van der Waals surface area contributed by atoms with Gasteiger partial charge in [0.15, 0.2) is 5.96 Å². The van der Waals surface area contributed by atoms with Crippen LogP contribution in [0.3, 0.4) is 0 Å². The first-order chi connectivity index (χ1) is 10.7. The van der Waals surface area contributed by atoms with Crippen LogP contribution in [0.2, 0.25) is 0 Å². The Bertz CT molecular complexity index is 664. The minimum Gasteiger partial charge on any atom is -0.493 e. The summed E-state index contributed by atoms with van der Waals surface area (Å²) in [4.78, 5) is 8.59. The summed E-state index contributed by atoms with van der Waals surface area (Å²) in [5.41, 5.74) is 7.15. The molecule has 2 aromatic rings. The van der Waals surface area contributed by atoms with Gasteiger partial charge in [0.1, 0.15) is 11.6 Å². The summed E-state index contributed by atoms with van der Waals surface area (Å²) < 4.78 is 7.70. The number of hydrogen-bond acceptors (Lipinski definition) is 3. The molecule has 0 fully saturated rings. The average molecular weight is 299 g/mol. The van der Waals surface area contributed by atoms with Crippen molar-refractivity contribution in [1.29, 1.82) is 0 Å². The van der Waals surface area contributed by atoms with Crippen LogP contribution >= 0.6 is 0 Å². The molecule has 2 heterocycles. The number of aliphatic imine (C=N–C) groups is 1. The fourth-order valence-electron chi connectivity index (χ4n) is 2.63. The maximum absolute atomic E-state index is 6.01. The van der Waals surface area contributed by atoms with Gasteiger partial charge in [-0.3, -0.25) is 4.99 Å². The number of hydrogen-bond donors (Lipinski definition) is 2. The van der Waals surface area contributed by atoms with Gasteiger partial charge in [0.05, 0.1) is 19.2 Å². The predicted octanol–water partition coefficient (Wildman–Crippen LogP) is 1.62. The molecule has 3 N–H and O–H groups in total. The molecule has 3 rings (SSSR count). The van der Waals surface area contributed by atoms with Crippen molar-refractivity contribution in [2.24, 2.45) is 10.7 Å². The molecular formula is C16H21N5O. The lowest BCUT2D eigenvalue weighted by Crippen LogP contribution is -2.37. The number of imidazole rings is 1. The lowest BCUT2D eigenvalue weighted by Gasteiger charge is -2.26. The number of guanidine groups is 1. The average Bonchev–Trinajstić information content (AvgIpc) is 2.93. The highest BCUT2D eigenvalue weighted by molar-refractivity contribution is 5.78. The van der Waals surface area contributed by atoms with Crippen LogP contribution in [-0.2, 0) is 6.54 Å². The number of nitrogens with zero attached hydrogens (tertiary/aromatic N) is 3. The van der Waals surface area contributed by atoms with Crippen molar-refractivity contribution < 1.29 is 4.74 Å². The molecule has 6 heteroatoms. The molecule has 1 aliphatic rings. The smallest absolute Gasteiger partial charge is 0.189 e. The Labute approximate surface area is 130 Å². The first-order valence-electron chi connectivity index (χ1n) is 7.50. The summed E-state index contributed by atoms with van der Waals surface area (Å²) >= 11 is 0. The number of aromatic nitrogens is 2. The molecule has 6 nitrogen and oxygen atoms in total. The van der Waals surface area contributed by atoms with Crippen LogP contribution in [0.15, 0.2) is 41.7 Å². The minimum atomic E-state index is 0.156. The first kappa shape index (κ1) is 14.4. The minimum absolute atomic E-state index is 0.156. The van der Waals surface area contributed by atoms with E-state index in [1.165, 1.54) is 0 Å². The Kier molecular flexibility index (Phi) is 4.27. The van der Waals surface area contributed by atoms with Gasteiger partial charge in [0.2, 0.25) is 0 Å². The molecule has 0 radical (unpaired) electrons. The Balaban J connectivity index is 1.59. The fourth-order valence-corrected chi connectivity index (χ4v) is 2.63. The van der Waals surface area contributed by atoms with Gasteiger partial charge in [-0.2, -0.15) is 0 Å². The van der Waals surface area contributed by atoms with Crippen LogP contribution in [0.4, 0.5) is 0 Å². The van der Waals surface area contributed by atoms with E-state index in [0.29, 0.717) is 19.1 Å². The van der Waals surface area contributed by atoms with Gasteiger partial charge >= 0.3 is 0 Å². The third kappa shape index (κ3) is 3.21. The van der Waals surface area contributed by atoms with Gasteiger partial charge in [-0.1, -0.05) is 18.2 Å². The fraction of sp³-hybridized carbons (Fsp3) is 0.375. The van der Waals surface area contributed by atoms with Crippen molar-refractivity contribution in [3.8, 4) is 5.75 Å². The van der Waals surface area contributed by atoms with Gasteiger partial charge in [-0.15, -0.1) is 0 Å². The van der Waals surface area contributed by atoms with Crippen LogP contribution in [0.5, 0.6) is 5.75 Å². The molecule has 1 atom stereocenters. The SMILES string of the molecule is Cc1nccn1CCN=C(N)NC1CCOc2ccccc21. The summed E-state index contributed by atoms with van der Waals surface area (Å²) in [7, 11) is 0. The van der Waals surface area contributed by atoms with Gasteiger partial charge in [-0.25, -0.2) is 4.98 Å². The van der Waals surface area contributed by atoms with Crippen LogP contribution in [0.25, 0.3) is 0 Å². The van der Waals surface area contributed by atoms with E-state index in [-0.39, 0.29) is 6.04 Å². The molecule has 0 bridgehead atoms. The Hall–Kier alpha value is -2.50. The maximum atomic E-state index is 6.01. The highest BCUT2D eigenvalue weighted by atomic mass is 16.5. The van der Waals surface area contributed by atoms with E-state index in [4.69, 9.17) is 10.5 Å². The Morgan fingerprint density at radius 2 is 2.36 bits per heavy atom. The number of fused-ring (bicyclic) bond motifs is 1. The molecule has 1 aromatic carbocycles. The summed E-state index contributed by atoms with van der Waals surface area (Å²) in [6.07, 6.45) is 4.62. The van der Waals surface area contributed by atoms with E-state index < -0.39 is 0 Å². The lowest BCUT2D eigenvalue weighted by molar-refractivity contribution is 0.262. The third-order valence-electron chi connectivity index (χ3n) is 3.83. The summed E-state index contributed by atoms with van der Waals surface area (Å²) in [5, 5.41) is 3.29. The lowest BCUT2D eigenvalue weighted by atomic mass is 10.0. The summed E-state index contributed by atoms with van der Waals surface area (Å²) in [5.74, 6) is 2.38. The van der Waals surface area contributed by atoms with E-state index in [9.17, 15) is 0 Å². The molecule has 1 aliphatic heterocycles. The molecule has 0 spiro atoms. The molecule has 1 aromatic heterocycles. The number of nitrogens with one attached hydrogen (secondary N) is 1. The highest BCUT2D eigenvalue weighted by Crippen LogP contribution is 2.31. The second-order valence-electron chi connectivity index (χ2n) is 5.31. The molecule has 0 saturated carbocycles. The molecule has 0 saturated heterocycles. The van der Waals surface area contributed by atoms with E-state index in [1.54, 1.807) is 6.20 Å². The molecule has 0 amide bonds. The topological polar surface area (TPSA) is 77.5 Å². The van der Waals surface area contributed by atoms with Crippen LogP contribution < -0.4 is 15.8 Å². The number of rotatable bonds is 4. The van der Waals surface area contributed by atoms with Gasteiger partial charge in [0.25, 0.3) is 0 Å².